The van der Waals surface area contributed by atoms with E-state index >= 15 is 0 Å². The summed E-state index contributed by atoms with van der Waals surface area (Å²) in [7, 11) is -3.58. The highest BCUT2D eigenvalue weighted by Crippen LogP contribution is 2.21. The molecule has 26 heavy (non-hydrogen) atoms. The highest BCUT2D eigenvalue weighted by Gasteiger charge is 2.27. The molecule has 1 unspecified atom stereocenters. The van der Waals surface area contributed by atoms with Gasteiger partial charge in [0.1, 0.15) is 0 Å². The quantitative estimate of drug-likeness (QED) is 0.742. The Balaban J connectivity index is 1.69. The summed E-state index contributed by atoms with van der Waals surface area (Å²) in [5, 5.41) is 6.11. The van der Waals surface area contributed by atoms with E-state index in [1.54, 1.807) is 18.2 Å². The molecule has 1 aromatic rings. The number of ether oxygens (including phenoxy) is 1. The molecule has 9 heteroatoms. The topological polar surface area (TPSA) is 91.0 Å². The first-order valence-corrected chi connectivity index (χ1v) is 10.4. The molecule has 2 N–H and O–H groups in total. The Hall–Kier alpha value is -1.52. The van der Waals surface area contributed by atoms with Crippen LogP contribution in [0.2, 0.25) is 0 Å². The number of nitrogens with one attached hydrogen (secondary N) is 2. The van der Waals surface area contributed by atoms with E-state index < -0.39 is 10.0 Å². The van der Waals surface area contributed by atoms with Gasteiger partial charge in [0.15, 0.2) is 0 Å². The second-order valence-corrected chi connectivity index (χ2v) is 8.43. The molecule has 0 radical (unpaired) electrons. The largest absolute Gasteiger partial charge is 0.379 e. The molecular formula is C17H26N4O4S. The van der Waals surface area contributed by atoms with E-state index in [-0.39, 0.29) is 16.8 Å². The van der Waals surface area contributed by atoms with Crippen molar-refractivity contribution in [3.63, 3.8) is 0 Å². The second kappa shape index (κ2) is 8.45. The average molecular weight is 382 g/mol. The van der Waals surface area contributed by atoms with Crippen LogP contribution in [0.25, 0.3) is 0 Å². The number of morpholine rings is 1. The van der Waals surface area contributed by atoms with E-state index in [4.69, 9.17) is 4.74 Å². The van der Waals surface area contributed by atoms with Gasteiger partial charge in [0.05, 0.1) is 24.2 Å². The van der Waals surface area contributed by atoms with Crippen molar-refractivity contribution >= 4 is 21.6 Å². The zero-order chi connectivity index (χ0) is 18.6. The third-order valence-corrected chi connectivity index (χ3v) is 6.68. The van der Waals surface area contributed by atoms with Gasteiger partial charge in [-0.15, -0.1) is 0 Å². The molecule has 2 aliphatic heterocycles. The molecule has 144 valence electrons. The SMILES string of the molecule is CC(C(=O)Nc1cccc(S(=O)(=O)N2CCOCC2)c1)N1CCNCC1. The smallest absolute Gasteiger partial charge is 0.243 e. The number of rotatable bonds is 5. The Bertz CT molecular complexity index is 728. The molecule has 1 atom stereocenters. The van der Waals surface area contributed by atoms with Crippen molar-refractivity contribution < 1.29 is 17.9 Å². The molecule has 3 rings (SSSR count). The Morgan fingerprint density at radius 3 is 2.58 bits per heavy atom. The summed E-state index contributed by atoms with van der Waals surface area (Å²) in [4.78, 5) is 14.8. The summed E-state index contributed by atoms with van der Waals surface area (Å²) in [6.45, 7) is 6.73. The van der Waals surface area contributed by atoms with E-state index in [0.29, 0.717) is 32.0 Å². The Morgan fingerprint density at radius 2 is 1.88 bits per heavy atom. The third-order valence-electron chi connectivity index (χ3n) is 4.79. The number of hydrogen-bond donors (Lipinski definition) is 2. The normalized spacial score (nSPS) is 21.3. The van der Waals surface area contributed by atoms with Gasteiger partial charge in [-0.25, -0.2) is 8.42 Å². The molecular weight excluding hydrogens is 356 g/mol. The van der Waals surface area contributed by atoms with Crippen molar-refractivity contribution in [1.82, 2.24) is 14.5 Å². The summed E-state index contributed by atoms with van der Waals surface area (Å²) in [6, 6.07) is 6.17. The lowest BCUT2D eigenvalue weighted by Crippen LogP contribution is -2.51. The third kappa shape index (κ3) is 4.41. The van der Waals surface area contributed by atoms with E-state index in [1.807, 2.05) is 6.92 Å². The Labute approximate surface area is 154 Å². The number of piperazine rings is 1. The highest BCUT2D eigenvalue weighted by molar-refractivity contribution is 7.89. The first-order valence-electron chi connectivity index (χ1n) is 8.92. The summed E-state index contributed by atoms with van der Waals surface area (Å²) in [5.74, 6) is -0.132. The maximum atomic E-state index is 12.7. The molecule has 0 bridgehead atoms. The number of carbonyl (C=O) groups excluding carboxylic acids is 1. The molecule has 1 aromatic carbocycles. The van der Waals surface area contributed by atoms with Crippen LogP contribution in [0.15, 0.2) is 29.2 Å². The molecule has 1 amide bonds. The fourth-order valence-corrected chi connectivity index (χ4v) is 4.61. The van der Waals surface area contributed by atoms with Crippen molar-refractivity contribution in [3.05, 3.63) is 24.3 Å². The zero-order valence-electron chi connectivity index (χ0n) is 15.0. The van der Waals surface area contributed by atoms with Crippen LogP contribution in [0.1, 0.15) is 6.92 Å². The average Bonchev–Trinajstić information content (AvgIpc) is 2.69. The molecule has 2 aliphatic rings. The molecule has 0 aromatic heterocycles. The van der Waals surface area contributed by atoms with Gasteiger partial charge < -0.3 is 15.4 Å². The number of nitrogens with zero attached hydrogens (tertiary/aromatic N) is 2. The predicted octanol–water partition coefficient (Wildman–Crippen LogP) is -0.0603. The van der Waals surface area contributed by atoms with Crippen molar-refractivity contribution in [2.75, 3.05) is 57.8 Å². The van der Waals surface area contributed by atoms with Crippen LogP contribution in [0.4, 0.5) is 5.69 Å². The summed E-state index contributed by atoms with van der Waals surface area (Å²) in [5.41, 5.74) is 0.492. The Kier molecular flexibility index (Phi) is 6.25. The van der Waals surface area contributed by atoms with Crippen LogP contribution >= 0.6 is 0 Å². The summed E-state index contributed by atoms with van der Waals surface area (Å²) in [6.07, 6.45) is 0. The summed E-state index contributed by atoms with van der Waals surface area (Å²) < 4.78 is 32.1. The molecule has 0 spiro atoms. The fraction of sp³-hybridized carbons (Fsp3) is 0.588. The fourth-order valence-electron chi connectivity index (χ4n) is 3.15. The number of amides is 1. The van der Waals surface area contributed by atoms with Gasteiger partial charge in [-0.3, -0.25) is 9.69 Å². The molecule has 0 saturated carbocycles. The first kappa shape index (κ1) is 19.2. The monoisotopic (exact) mass is 382 g/mol. The minimum Gasteiger partial charge on any atom is -0.379 e. The van der Waals surface area contributed by atoms with Crippen LogP contribution in [0.3, 0.4) is 0 Å². The van der Waals surface area contributed by atoms with E-state index in [0.717, 1.165) is 26.2 Å². The maximum absolute atomic E-state index is 12.7. The number of carbonyl (C=O) groups is 1. The van der Waals surface area contributed by atoms with Gasteiger partial charge in [0.25, 0.3) is 0 Å². The van der Waals surface area contributed by atoms with E-state index in [1.165, 1.54) is 10.4 Å². The van der Waals surface area contributed by atoms with Gasteiger partial charge in [-0.05, 0) is 25.1 Å². The van der Waals surface area contributed by atoms with Gasteiger partial charge in [0, 0.05) is 45.0 Å². The minimum atomic E-state index is -3.58. The molecule has 2 heterocycles. The van der Waals surface area contributed by atoms with Crippen molar-refractivity contribution in [3.8, 4) is 0 Å². The maximum Gasteiger partial charge on any atom is 0.243 e. The molecule has 2 fully saturated rings. The Morgan fingerprint density at radius 1 is 1.19 bits per heavy atom. The second-order valence-electron chi connectivity index (χ2n) is 6.50. The van der Waals surface area contributed by atoms with E-state index in [2.05, 4.69) is 15.5 Å². The number of sulfonamides is 1. The van der Waals surface area contributed by atoms with Crippen molar-refractivity contribution in [1.29, 1.82) is 0 Å². The lowest BCUT2D eigenvalue weighted by molar-refractivity contribution is -0.120. The van der Waals surface area contributed by atoms with Crippen molar-refractivity contribution in [2.24, 2.45) is 0 Å². The number of benzene rings is 1. The first-order chi connectivity index (χ1) is 12.5. The lowest BCUT2D eigenvalue weighted by Gasteiger charge is -2.31. The number of hydrogen-bond acceptors (Lipinski definition) is 6. The highest BCUT2D eigenvalue weighted by atomic mass is 32.2. The van der Waals surface area contributed by atoms with Crippen LogP contribution in [-0.2, 0) is 19.6 Å². The van der Waals surface area contributed by atoms with Gasteiger partial charge in [-0.2, -0.15) is 4.31 Å². The summed E-state index contributed by atoms with van der Waals surface area (Å²) >= 11 is 0. The van der Waals surface area contributed by atoms with Gasteiger partial charge in [-0.1, -0.05) is 6.07 Å². The van der Waals surface area contributed by atoms with Crippen molar-refractivity contribution in [2.45, 2.75) is 17.9 Å². The van der Waals surface area contributed by atoms with Crippen LogP contribution in [-0.4, -0.2) is 82.1 Å². The van der Waals surface area contributed by atoms with Gasteiger partial charge in [0.2, 0.25) is 15.9 Å². The lowest BCUT2D eigenvalue weighted by atomic mass is 10.2. The molecule has 2 saturated heterocycles. The zero-order valence-corrected chi connectivity index (χ0v) is 15.8. The minimum absolute atomic E-state index is 0.132. The van der Waals surface area contributed by atoms with E-state index in [9.17, 15) is 13.2 Å². The molecule has 0 aliphatic carbocycles. The number of anilines is 1. The molecule has 8 nitrogen and oxygen atoms in total. The standard InChI is InChI=1S/C17H26N4O4S/c1-14(20-7-5-18-6-8-20)17(22)19-15-3-2-4-16(13-15)26(23,24)21-9-11-25-12-10-21/h2-4,13-14,18H,5-12H2,1H3,(H,19,22). The van der Waals surface area contributed by atoms with Gasteiger partial charge >= 0.3 is 0 Å². The van der Waals surface area contributed by atoms with Crippen LogP contribution in [0, 0.1) is 0 Å². The van der Waals surface area contributed by atoms with Crippen LogP contribution < -0.4 is 10.6 Å². The van der Waals surface area contributed by atoms with Crippen LogP contribution in [0.5, 0.6) is 0 Å². The predicted molar refractivity (Wildman–Crippen MR) is 98.6 cm³/mol.